The van der Waals surface area contributed by atoms with Crippen LogP contribution < -0.4 is 5.32 Å². The Labute approximate surface area is 119 Å². The van der Waals surface area contributed by atoms with E-state index in [1.165, 1.54) is 12.8 Å². The number of amides is 2. The zero-order valence-electron chi connectivity index (χ0n) is 11.9. The van der Waals surface area contributed by atoms with Crippen LogP contribution in [0.4, 0.5) is 4.79 Å². The number of urea groups is 1. The maximum atomic E-state index is 12.6. The van der Waals surface area contributed by atoms with Gasteiger partial charge in [-0.25, -0.2) is 4.79 Å². The number of aliphatic carboxylic acids is 1. The Hall–Kier alpha value is -1.26. The highest BCUT2D eigenvalue weighted by atomic mass is 16.4. The van der Waals surface area contributed by atoms with Gasteiger partial charge in [0.25, 0.3) is 0 Å². The summed E-state index contributed by atoms with van der Waals surface area (Å²) in [6.45, 7) is 0.861. The average molecular weight is 280 g/mol. The van der Waals surface area contributed by atoms with Crippen molar-refractivity contribution in [2.75, 3.05) is 6.54 Å². The van der Waals surface area contributed by atoms with Crippen molar-refractivity contribution < 1.29 is 14.7 Å². The van der Waals surface area contributed by atoms with Crippen LogP contribution in [-0.2, 0) is 4.79 Å². The van der Waals surface area contributed by atoms with E-state index in [1.807, 2.05) is 4.90 Å². The molecule has 3 aliphatic rings. The fraction of sp³-hybridized carbons (Fsp3) is 0.867. The monoisotopic (exact) mass is 280 g/mol. The zero-order valence-corrected chi connectivity index (χ0v) is 11.9. The third-order valence-electron chi connectivity index (χ3n) is 4.82. The summed E-state index contributed by atoms with van der Waals surface area (Å²) in [6, 6.07) is 0.376. The number of nitrogens with one attached hydrogen (secondary N) is 1. The van der Waals surface area contributed by atoms with E-state index >= 15 is 0 Å². The summed E-state index contributed by atoms with van der Waals surface area (Å²) in [7, 11) is 0. The molecular weight excluding hydrogens is 256 g/mol. The average Bonchev–Trinajstić information content (AvgIpc) is 3.27. The van der Waals surface area contributed by atoms with Crippen LogP contribution in [0, 0.1) is 5.92 Å². The number of hydrogen-bond acceptors (Lipinski definition) is 2. The fourth-order valence-electron chi connectivity index (χ4n) is 3.35. The Morgan fingerprint density at radius 1 is 1.15 bits per heavy atom. The van der Waals surface area contributed by atoms with Crippen LogP contribution in [0.25, 0.3) is 0 Å². The zero-order chi connectivity index (χ0) is 14.2. The molecule has 3 saturated carbocycles. The molecule has 0 spiro atoms. The molecule has 0 atom stereocenters. The number of nitrogens with zero attached hydrogens (tertiary/aromatic N) is 1. The summed E-state index contributed by atoms with van der Waals surface area (Å²) in [6.07, 6.45) is 8.35. The smallest absolute Gasteiger partial charge is 0.318 e. The quantitative estimate of drug-likeness (QED) is 0.784. The van der Waals surface area contributed by atoms with Gasteiger partial charge in [-0.15, -0.1) is 0 Å². The van der Waals surface area contributed by atoms with E-state index in [1.54, 1.807) is 0 Å². The molecule has 0 aliphatic heterocycles. The molecule has 20 heavy (non-hydrogen) atoms. The summed E-state index contributed by atoms with van der Waals surface area (Å²) in [4.78, 5) is 25.6. The van der Waals surface area contributed by atoms with Gasteiger partial charge in [-0.3, -0.25) is 4.79 Å². The number of carboxylic acids is 1. The largest absolute Gasteiger partial charge is 0.481 e. The topological polar surface area (TPSA) is 69.6 Å². The first-order chi connectivity index (χ1) is 9.58. The summed E-state index contributed by atoms with van der Waals surface area (Å²) in [5.74, 6) is -0.132. The second-order valence-corrected chi connectivity index (χ2v) is 6.82. The number of hydrogen-bond donors (Lipinski definition) is 2. The lowest BCUT2D eigenvalue weighted by Crippen LogP contribution is -2.53. The van der Waals surface area contributed by atoms with E-state index in [0.717, 1.165) is 45.1 Å². The SMILES string of the molecule is O=C(O)CC1(NC(=O)N(CC2CC2)C2CC2)CCCC1. The molecule has 112 valence electrons. The van der Waals surface area contributed by atoms with Crippen molar-refractivity contribution in [3.05, 3.63) is 0 Å². The lowest BCUT2D eigenvalue weighted by atomic mass is 9.93. The van der Waals surface area contributed by atoms with Gasteiger partial charge in [-0.2, -0.15) is 0 Å². The number of carbonyl (C=O) groups is 2. The Balaban J connectivity index is 1.63. The second kappa shape index (κ2) is 5.26. The minimum absolute atomic E-state index is 0.0254. The first-order valence-corrected chi connectivity index (χ1v) is 7.89. The van der Waals surface area contributed by atoms with Crippen LogP contribution in [0.5, 0.6) is 0 Å². The lowest BCUT2D eigenvalue weighted by molar-refractivity contribution is -0.138. The van der Waals surface area contributed by atoms with Crippen LogP contribution >= 0.6 is 0 Å². The van der Waals surface area contributed by atoms with Crippen molar-refractivity contribution >= 4 is 12.0 Å². The minimum atomic E-state index is -0.813. The molecule has 0 heterocycles. The molecule has 0 radical (unpaired) electrons. The van der Waals surface area contributed by atoms with Crippen molar-refractivity contribution in [3.8, 4) is 0 Å². The van der Waals surface area contributed by atoms with E-state index in [4.69, 9.17) is 5.11 Å². The van der Waals surface area contributed by atoms with Crippen LogP contribution in [0.3, 0.4) is 0 Å². The Morgan fingerprint density at radius 2 is 1.80 bits per heavy atom. The summed E-state index contributed by atoms with van der Waals surface area (Å²) < 4.78 is 0. The molecule has 0 aromatic carbocycles. The third-order valence-corrected chi connectivity index (χ3v) is 4.82. The van der Waals surface area contributed by atoms with Crippen molar-refractivity contribution in [3.63, 3.8) is 0 Å². The molecule has 3 fully saturated rings. The van der Waals surface area contributed by atoms with E-state index in [0.29, 0.717) is 12.0 Å². The first kappa shape index (κ1) is 13.7. The van der Waals surface area contributed by atoms with Gasteiger partial charge < -0.3 is 15.3 Å². The number of rotatable bonds is 6. The molecular formula is C15H24N2O3. The number of carbonyl (C=O) groups excluding carboxylic acids is 1. The van der Waals surface area contributed by atoms with Gasteiger partial charge in [0, 0.05) is 12.6 Å². The molecule has 3 rings (SSSR count). The highest BCUT2D eigenvalue weighted by Gasteiger charge is 2.42. The molecule has 5 heteroatoms. The maximum absolute atomic E-state index is 12.6. The van der Waals surface area contributed by atoms with E-state index in [-0.39, 0.29) is 12.5 Å². The molecule has 2 amide bonds. The van der Waals surface area contributed by atoms with E-state index in [2.05, 4.69) is 5.32 Å². The summed E-state index contributed by atoms with van der Waals surface area (Å²) >= 11 is 0. The molecule has 0 bridgehead atoms. The lowest BCUT2D eigenvalue weighted by Gasteiger charge is -2.33. The Bertz CT molecular complexity index is 396. The van der Waals surface area contributed by atoms with Gasteiger partial charge >= 0.3 is 12.0 Å². The predicted octanol–water partition coefficient (Wildman–Crippen LogP) is 2.36. The second-order valence-electron chi connectivity index (χ2n) is 6.82. The molecule has 0 aromatic heterocycles. The van der Waals surface area contributed by atoms with Crippen molar-refractivity contribution in [2.45, 2.75) is 69.4 Å². The predicted molar refractivity (Wildman–Crippen MR) is 74.4 cm³/mol. The van der Waals surface area contributed by atoms with E-state index < -0.39 is 11.5 Å². The maximum Gasteiger partial charge on any atom is 0.318 e. The first-order valence-electron chi connectivity index (χ1n) is 7.89. The molecule has 5 nitrogen and oxygen atoms in total. The summed E-state index contributed by atoms with van der Waals surface area (Å²) in [5, 5.41) is 12.2. The molecule has 0 saturated heterocycles. The normalized spacial score (nSPS) is 24.4. The van der Waals surface area contributed by atoms with Crippen LogP contribution in [-0.4, -0.2) is 40.1 Å². The van der Waals surface area contributed by atoms with Crippen molar-refractivity contribution in [2.24, 2.45) is 5.92 Å². The molecule has 0 aromatic rings. The van der Waals surface area contributed by atoms with Crippen molar-refractivity contribution in [1.29, 1.82) is 0 Å². The molecule has 2 N–H and O–H groups in total. The van der Waals surface area contributed by atoms with Gasteiger partial charge in [-0.05, 0) is 44.4 Å². The van der Waals surface area contributed by atoms with Gasteiger partial charge in [0.15, 0.2) is 0 Å². The fourth-order valence-corrected chi connectivity index (χ4v) is 3.35. The van der Waals surface area contributed by atoms with Crippen molar-refractivity contribution in [1.82, 2.24) is 10.2 Å². The van der Waals surface area contributed by atoms with Crippen LogP contribution in [0.2, 0.25) is 0 Å². The van der Waals surface area contributed by atoms with Gasteiger partial charge in [0.05, 0.1) is 12.0 Å². The highest BCUT2D eigenvalue weighted by molar-refractivity contribution is 5.77. The van der Waals surface area contributed by atoms with E-state index in [9.17, 15) is 9.59 Å². The van der Waals surface area contributed by atoms with Crippen LogP contribution in [0.15, 0.2) is 0 Å². The van der Waals surface area contributed by atoms with Gasteiger partial charge in [0.1, 0.15) is 0 Å². The van der Waals surface area contributed by atoms with Gasteiger partial charge in [0.2, 0.25) is 0 Å². The minimum Gasteiger partial charge on any atom is -0.481 e. The Kier molecular flexibility index (Phi) is 3.61. The highest BCUT2D eigenvalue weighted by Crippen LogP contribution is 2.37. The van der Waals surface area contributed by atoms with Gasteiger partial charge in [-0.1, -0.05) is 12.8 Å². The third kappa shape index (κ3) is 3.25. The molecule has 3 aliphatic carbocycles. The number of carboxylic acid groups (broad SMARTS) is 1. The van der Waals surface area contributed by atoms with Crippen LogP contribution in [0.1, 0.15) is 57.8 Å². The Morgan fingerprint density at radius 3 is 2.30 bits per heavy atom. The standard InChI is InChI=1S/C15H24N2O3/c18-13(19)9-15(7-1-2-8-15)16-14(20)17(12-5-6-12)10-11-3-4-11/h11-12H,1-10H2,(H,16,20)(H,18,19). The summed E-state index contributed by atoms with van der Waals surface area (Å²) in [5.41, 5.74) is -0.500. The molecule has 0 unspecified atom stereocenters.